The number of aliphatic carboxylic acids is 1. The van der Waals surface area contributed by atoms with Crippen LogP contribution in [0.15, 0.2) is 0 Å². The summed E-state index contributed by atoms with van der Waals surface area (Å²) in [5.41, 5.74) is 0. The Morgan fingerprint density at radius 3 is 2.50 bits per heavy atom. The number of carbonyl (C=O) groups is 2. The number of hydrogen-bond acceptors (Lipinski definition) is 4. The molecule has 1 atom stereocenters. The van der Waals surface area contributed by atoms with Crippen LogP contribution >= 0.6 is 0 Å². The van der Waals surface area contributed by atoms with Crippen LogP contribution in [-0.4, -0.2) is 36.4 Å². The van der Waals surface area contributed by atoms with E-state index >= 15 is 0 Å². The summed E-state index contributed by atoms with van der Waals surface area (Å²) >= 11 is 0. The van der Waals surface area contributed by atoms with Gasteiger partial charge >= 0.3 is 5.97 Å². The van der Waals surface area contributed by atoms with E-state index in [1.54, 1.807) is 0 Å². The Morgan fingerprint density at radius 1 is 1.43 bits per heavy atom. The molecule has 1 unspecified atom stereocenters. The third-order valence-electron chi connectivity index (χ3n) is 2.18. The molecule has 1 rings (SSSR count). The van der Waals surface area contributed by atoms with Crippen molar-refractivity contribution in [3.8, 4) is 0 Å². The summed E-state index contributed by atoms with van der Waals surface area (Å²) in [7, 11) is 0. The maximum absolute atomic E-state index is 10.8. The van der Waals surface area contributed by atoms with E-state index < -0.39 is 11.8 Å². The van der Waals surface area contributed by atoms with Crippen LogP contribution in [0.1, 0.15) is 19.8 Å². The Labute approximate surface area is 82.0 Å². The summed E-state index contributed by atoms with van der Waals surface area (Å²) in [5, 5.41) is 8.35. The summed E-state index contributed by atoms with van der Waals surface area (Å²) in [6, 6.07) is 0. The molecule has 1 heterocycles. The SMILES string of the molecule is CC(CCC(=O)C(=O)O)C1OCCO1. The lowest BCUT2D eigenvalue weighted by Crippen LogP contribution is -2.21. The van der Waals surface area contributed by atoms with Gasteiger partial charge in [-0.2, -0.15) is 0 Å². The standard InChI is InChI=1S/C9H14O5/c1-6(9-13-4-5-14-9)2-3-7(10)8(11)12/h6,9H,2-5H2,1H3,(H,11,12). The highest BCUT2D eigenvalue weighted by Gasteiger charge is 2.24. The number of rotatable bonds is 5. The second-order valence-corrected chi connectivity index (χ2v) is 3.35. The number of hydrogen-bond donors (Lipinski definition) is 1. The molecule has 5 heteroatoms. The molecule has 1 N–H and O–H groups in total. The average molecular weight is 202 g/mol. The molecule has 5 nitrogen and oxygen atoms in total. The average Bonchev–Trinajstić information content (AvgIpc) is 2.66. The fraction of sp³-hybridized carbons (Fsp3) is 0.778. The van der Waals surface area contributed by atoms with Crippen LogP contribution in [0.5, 0.6) is 0 Å². The molecule has 1 saturated heterocycles. The zero-order valence-corrected chi connectivity index (χ0v) is 8.06. The second-order valence-electron chi connectivity index (χ2n) is 3.35. The zero-order chi connectivity index (χ0) is 10.6. The molecule has 80 valence electrons. The van der Waals surface area contributed by atoms with Crippen LogP contribution in [0.2, 0.25) is 0 Å². The van der Waals surface area contributed by atoms with Crippen molar-refractivity contribution in [2.75, 3.05) is 13.2 Å². The Bertz CT molecular complexity index is 219. The highest BCUT2D eigenvalue weighted by Crippen LogP contribution is 2.18. The van der Waals surface area contributed by atoms with Gasteiger partial charge in [0, 0.05) is 12.3 Å². The van der Waals surface area contributed by atoms with Crippen LogP contribution in [0.3, 0.4) is 0 Å². The normalized spacial score (nSPS) is 19.5. The predicted octanol–water partition coefficient (Wildman–Crippen LogP) is 0.429. The van der Waals surface area contributed by atoms with Crippen LogP contribution in [0.4, 0.5) is 0 Å². The molecular formula is C9H14O5. The number of ether oxygens (including phenoxy) is 2. The number of carboxylic acids is 1. The highest BCUT2D eigenvalue weighted by molar-refractivity contribution is 6.32. The minimum absolute atomic E-state index is 0.0414. The van der Waals surface area contributed by atoms with Crippen molar-refractivity contribution >= 4 is 11.8 Å². The lowest BCUT2D eigenvalue weighted by molar-refractivity contribution is -0.149. The van der Waals surface area contributed by atoms with Gasteiger partial charge in [0.15, 0.2) is 6.29 Å². The molecule has 1 aliphatic heterocycles. The third kappa shape index (κ3) is 3.08. The van der Waals surface area contributed by atoms with Crippen molar-refractivity contribution in [2.45, 2.75) is 26.1 Å². The van der Waals surface area contributed by atoms with Crippen LogP contribution in [0, 0.1) is 5.92 Å². The Balaban J connectivity index is 2.23. The number of carboxylic acid groups (broad SMARTS) is 1. The summed E-state index contributed by atoms with van der Waals surface area (Å²) < 4.78 is 10.5. The molecule has 0 aromatic rings. The predicted molar refractivity (Wildman–Crippen MR) is 46.7 cm³/mol. The van der Waals surface area contributed by atoms with Gasteiger partial charge in [-0.05, 0) is 6.42 Å². The summed E-state index contributed by atoms with van der Waals surface area (Å²) in [6.07, 6.45) is 0.242. The molecule has 1 aliphatic rings. The maximum atomic E-state index is 10.8. The van der Waals surface area contributed by atoms with Gasteiger partial charge in [-0.3, -0.25) is 4.79 Å². The molecular weight excluding hydrogens is 188 g/mol. The molecule has 0 aromatic heterocycles. The third-order valence-corrected chi connectivity index (χ3v) is 2.18. The fourth-order valence-corrected chi connectivity index (χ4v) is 1.31. The minimum Gasteiger partial charge on any atom is -0.476 e. The smallest absolute Gasteiger partial charge is 0.372 e. The molecule has 0 spiro atoms. The number of carbonyl (C=O) groups excluding carboxylic acids is 1. The van der Waals surface area contributed by atoms with E-state index in [-0.39, 0.29) is 18.6 Å². The molecule has 14 heavy (non-hydrogen) atoms. The topological polar surface area (TPSA) is 72.8 Å². The molecule has 1 fully saturated rings. The monoisotopic (exact) mass is 202 g/mol. The van der Waals surface area contributed by atoms with Gasteiger partial charge < -0.3 is 14.6 Å². The first-order valence-electron chi connectivity index (χ1n) is 4.60. The molecule has 0 radical (unpaired) electrons. The molecule has 0 bridgehead atoms. The molecule has 0 aliphatic carbocycles. The first kappa shape index (κ1) is 11.1. The van der Waals surface area contributed by atoms with Crippen molar-refractivity contribution in [1.29, 1.82) is 0 Å². The zero-order valence-electron chi connectivity index (χ0n) is 8.06. The first-order valence-corrected chi connectivity index (χ1v) is 4.60. The van der Waals surface area contributed by atoms with E-state index in [9.17, 15) is 9.59 Å². The van der Waals surface area contributed by atoms with Gasteiger partial charge in [-0.25, -0.2) is 4.79 Å². The Morgan fingerprint density at radius 2 is 2.00 bits per heavy atom. The van der Waals surface area contributed by atoms with Gasteiger partial charge in [0.25, 0.3) is 0 Å². The number of Topliss-reactive ketones (excluding diaryl/α,β-unsaturated/α-hetero) is 1. The van der Waals surface area contributed by atoms with E-state index in [1.165, 1.54) is 0 Å². The number of ketones is 1. The van der Waals surface area contributed by atoms with Crippen LogP contribution in [-0.2, 0) is 19.1 Å². The van der Waals surface area contributed by atoms with Crippen molar-refractivity contribution in [1.82, 2.24) is 0 Å². The van der Waals surface area contributed by atoms with Crippen LogP contribution in [0.25, 0.3) is 0 Å². The van der Waals surface area contributed by atoms with E-state index in [4.69, 9.17) is 14.6 Å². The van der Waals surface area contributed by atoms with Gasteiger partial charge in [-0.1, -0.05) is 6.92 Å². The van der Waals surface area contributed by atoms with Gasteiger partial charge in [0.2, 0.25) is 5.78 Å². The lowest BCUT2D eigenvalue weighted by Gasteiger charge is -2.16. The molecule has 0 saturated carbocycles. The van der Waals surface area contributed by atoms with Gasteiger partial charge in [-0.15, -0.1) is 0 Å². The minimum atomic E-state index is -1.37. The van der Waals surface area contributed by atoms with Gasteiger partial charge in [0.05, 0.1) is 13.2 Å². The quantitative estimate of drug-likeness (QED) is 0.654. The second kappa shape index (κ2) is 5.07. The maximum Gasteiger partial charge on any atom is 0.372 e. The van der Waals surface area contributed by atoms with Gasteiger partial charge in [0.1, 0.15) is 0 Å². The van der Waals surface area contributed by atoms with E-state index in [2.05, 4.69) is 0 Å². The summed E-state index contributed by atoms with van der Waals surface area (Å²) in [5.74, 6) is -2.07. The van der Waals surface area contributed by atoms with Crippen molar-refractivity contribution in [3.05, 3.63) is 0 Å². The molecule has 0 amide bonds. The van der Waals surface area contributed by atoms with E-state index in [0.29, 0.717) is 19.6 Å². The van der Waals surface area contributed by atoms with Crippen molar-refractivity contribution in [3.63, 3.8) is 0 Å². The summed E-state index contributed by atoms with van der Waals surface area (Å²) in [6.45, 7) is 3.02. The van der Waals surface area contributed by atoms with Crippen LogP contribution < -0.4 is 0 Å². The van der Waals surface area contributed by atoms with Crippen molar-refractivity contribution < 1.29 is 24.2 Å². The Kier molecular flexibility index (Phi) is 4.03. The molecule has 0 aromatic carbocycles. The highest BCUT2D eigenvalue weighted by atomic mass is 16.7. The lowest BCUT2D eigenvalue weighted by atomic mass is 10.0. The van der Waals surface area contributed by atoms with E-state index in [0.717, 1.165) is 0 Å². The largest absolute Gasteiger partial charge is 0.476 e. The Hall–Kier alpha value is -0.940. The van der Waals surface area contributed by atoms with Crippen molar-refractivity contribution in [2.24, 2.45) is 5.92 Å². The fourth-order valence-electron chi connectivity index (χ4n) is 1.31. The first-order chi connectivity index (χ1) is 6.61. The summed E-state index contributed by atoms with van der Waals surface area (Å²) in [4.78, 5) is 21.0. The van der Waals surface area contributed by atoms with E-state index in [1.807, 2.05) is 6.92 Å².